The van der Waals surface area contributed by atoms with E-state index in [0.29, 0.717) is 17.7 Å². The average molecular weight is 317 g/mol. The highest BCUT2D eigenvalue weighted by molar-refractivity contribution is 7.12. The summed E-state index contributed by atoms with van der Waals surface area (Å²) in [6.07, 6.45) is 0.348. The van der Waals surface area contributed by atoms with E-state index in [0.717, 1.165) is 4.88 Å². The number of carbonyl (C=O) groups is 2. The van der Waals surface area contributed by atoms with Gasteiger partial charge in [0.25, 0.3) is 0 Å². The summed E-state index contributed by atoms with van der Waals surface area (Å²) >= 11 is 1.61. The molecule has 0 aliphatic rings. The summed E-state index contributed by atoms with van der Waals surface area (Å²) in [7, 11) is 0. The van der Waals surface area contributed by atoms with Crippen molar-refractivity contribution >= 4 is 28.9 Å². The molecule has 2 N–H and O–H groups in total. The molecule has 0 saturated heterocycles. The molecule has 116 valence electrons. The predicted octanol–water partition coefficient (Wildman–Crippen LogP) is 3.60. The summed E-state index contributed by atoms with van der Waals surface area (Å²) in [6, 6.07) is 10.9. The molecule has 1 amide bonds. The average Bonchev–Trinajstić information content (AvgIpc) is 2.84. The van der Waals surface area contributed by atoms with Crippen molar-refractivity contribution in [3.8, 4) is 0 Å². The zero-order valence-electron chi connectivity index (χ0n) is 12.8. The largest absolute Gasteiger partial charge is 0.481 e. The fourth-order valence-electron chi connectivity index (χ4n) is 2.04. The van der Waals surface area contributed by atoms with E-state index < -0.39 is 11.4 Å². The predicted molar refractivity (Wildman–Crippen MR) is 88.5 cm³/mol. The van der Waals surface area contributed by atoms with Crippen molar-refractivity contribution in [3.63, 3.8) is 0 Å². The highest BCUT2D eigenvalue weighted by Gasteiger charge is 2.29. The highest BCUT2D eigenvalue weighted by Crippen LogP contribution is 2.25. The van der Waals surface area contributed by atoms with Gasteiger partial charge >= 0.3 is 5.97 Å². The fraction of sp³-hybridized carbons (Fsp3) is 0.294. The van der Waals surface area contributed by atoms with Crippen LogP contribution >= 0.6 is 11.3 Å². The monoisotopic (exact) mass is 317 g/mol. The number of hydrogen-bond acceptors (Lipinski definition) is 3. The lowest BCUT2D eigenvalue weighted by molar-refractivity contribution is -0.142. The topological polar surface area (TPSA) is 66.4 Å². The van der Waals surface area contributed by atoms with Crippen LogP contribution in [0.1, 0.15) is 29.2 Å². The summed E-state index contributed by atoms with van der Waals surface area (Å²) in [5.41, 5.74) is 0.423. The molecule has 2 rings (SSSR count). The number of benzene rings is 1. The van der Waals surface area contributed by atoms with Crippen LogP contribution in [0.15, 0.2) is 36.4 Å². The SMILES string of the molecule is Cc1ccc(CC(=O)Nc2ccc(C(C)(C)C(=O)O)cc2)s1. The third kappa shape index (κ3) is 3.74. The van der Waals surface area contributed by atoms with Gasteiger partial charge < -0.3 is 10.4 Å². The maximum atomic E-state index is 12.0. The molecule has 2 aromatic rings. The number of rotatable bonds is 5. The van der Waals surface area contributed by atoms with Gasteiger partial charge in [0.05, 0.1) is 11.8 Å². The van der Waals surface area contributed by atoms with Crippen LogP contribution in [-0.2, 0) is 21.4 Å². The second kappa shape index (κ2) is 6.32. The summed E-state index contributed by atoms with van der Waals surface area (Å²) in [4.78, 5) is 25.4. The van der Waals surface area contributed by atoms with Gasteiger partial charge in [0, 0.05) is 15.4 Å². The summed E-state index contributed by atoms with van der Waals surface area (Å²) in [5.74, 6) is -0.954. The van der Waals surface area contributed by atoms with Crippen LogP contribution in [0, 0.1) is 6.92 Å². The first kappa shape index (κ1) is 16.2. The van der Waals surface area contributed by atoms with E-state index in [2.05, 4.69) is 5.32 Å². The van der Waals surface area contributed by atoms with Crippen molar-refractivity contribution in [2.24, 2.45) is 0 Å². The van der Waals surface area contributed by atoms with Gasteiger partial charge in [-0.2, -0.15) is 0 Å². The van der Waals surface area contributed by atoms with E-state index >= 15 is 0 Å². The van der Waals surface area contributed by atoms with Gasteiger partial charge in [0.15, 0.2) is 0 Å². The molecule has 0 fully saturated rings. The Balaban J connectivity index is 2.02. The van der Waals surface area contributed by atoms with Crippen molar-refractivity contribution in [3.05, 3.63) is 51.7 Å². The Hall–Kier alpha value is -2.14. The number of anilines is 1. The molecule has 0 radical (unpaired) electrons. The van der Waals surface area contributed by atoms with Crippen molar-refractivity contribution in [1.29, 1.82) is 0 Å². The molecule has 0 atom stereocenters. The molecule has 22 heavy (non-hydrogen) atoms. The minimum Gasteiger partial charge on any atom is -0.481 e. The van der Waals surface area contributed by atoms with Crippen molar-refractivity contribution in [2.75, 3.05) is 5.32 Å². The first-order chi connectivity index (χ1) is 10.3. The number of aliphatic carboxylic acids is 1. The van der Waals surface area contributed by atoms with Gasteiger partial charge in [-0.15, -0.1) is 11.3 Å². The van der Waals surface area contributed by atoms with Crippen LogP contribution in [-0.4, -0.2) is 17.0 Å². The normalized spacial score (nSPS) is 11.2. The van der Waals surface area contributed by atoms with Gasteiger partial charge in [0.2, 0.25) is 5.91 Å². The van der Waals surface area contributed by atoms with E-state index in [4.69, 9.17) is 0 Å². The van der Waals surface area contributed by atoms with Gasteiger partial charge in [-0.25, -0.2) is 0 Å². The number of hydrogen-bond donors (Lipinski definition) is 2. The Labute approximate surface area is 133 Å². The maximum absolute atomic E-state index is 12.0. The Morgan fingerprint density at radius 1 is 1.14 bits per heavy atom. The molecule has 0 unspecified atom stereocenters. The Bertz CT molecular complexity index is 686. The highest BCUT2D eigenvalue weighted by atomic mass is 32.1. The molecule has 0 aliphatic heterocycles. The standard InChI is InChI=1S/C17H19NO3S/c1-11-4-9-14(22-11)10-15(19)18-13-7-5-12(6-8-13)17(2,3)16(20)21/h4-9H,10H2,1-3H3,(H,18,19)(H,20,21). The molecule has 0 aliphatic carbocycles. The van der Waals surface area contributed by atoms with Crippen molar-refractivity contribution < 1.29 is 14.7 Å². The molecule has 1 aromatic heterocycles. The molecule has 0 saturated carbocycles. The van der Waals surface area contributed by atoms with E-state index in [1.165, 1.54) is 4.88 Å². The Morgan fingerprint density at radius 3 is 2.27 bits per heavy atom. The number of carboxylic acid groups (broad SMARTS) is 1. The lowest BCUT2D eigenvalue weighted by atomic mass is 9.85. The molecule has 0 bridgehead atoms. The number of nitrogens with one attached hydrogen (secondary N) is 1. The van der Waals surface area contributed by atoms with Crippen LogP contribution in [0.2, 0.25) is 0 Å². The van der Waals surface area contributed by atoms with E-state index in [9.17, 15) is 14.7 Å². The molecular weight excluding hydrogens is 298 g/mol. The second-order valence-electron chi connectivity index (χ2n) is 5.74. The van der Waals surface area contributed by atoms with E-state index in [1.54, 1.807) is 49.4 Å². The molecule has 0 spiro atoms. The first-order valence-electron chi connectivity index (χ1n) is 6.98. The zero-order chi connectivity index (χ0) is 16.3. The minimum absolute atomic E-state index is 0.0768. The van der Waals surface area contributed by atoms with Gasteiger partial charge in [-0.1, -0.05) is 12.1 Å². The molecule has 1 heterocycles. The second-order valence-corrected chi connectivity index (χ2v) is 7.12. The lowest BCUT2D eigenvalue weighted by Crippen LogP contribution is -2.28. The lowest BCUT2D eigenvalue weighted by Gasteiger charge is -2.19. The molecule has 5 heteroatoms. The first-order valence-corrected chi connectivity index (χ1v) is 7.80. The van der Waals surface area contributed by atoms with Crippen molar-refractivity contribution in [1.82, 2.24) is 0 Å². The zero-order valence-corrected chi connectivity index (χ0v) is 13.7. The molecular formula is C17H19NO3S. The third-order valence-corrected chi connectivity index (χ3v) is 4.56. The van der Waals surface area contributed by atoms with Gasteiger partial charge in [-0.05, 0) is 50.6 Å². The van der Waals surface area contributed by atoms with Crippen molar-refractivity contribution in [2.45, 2.75) is 32.6 Å². The Morgan fingerprint density at radius 2 is 1.77 bits per heavy atom. The van der Waals surface area contributed by atoms with Crippen LogP contribution in [0.5, 0.6) is 0 Å². The number of carboxylic acids is 1. The molecule has 4 nitrogen and oxygen atoms in total. The Kier molecular flexibility index (Phi) is 4.66. The number of amides is 1. The summed E-state index contributed by atoms with van der Waals surface area (Å²) < 4.78 is 0. The maximum Gasteiger partial charge on any atom is 0.313 e. The number of aryl methyl sites for hydroxylation is 1. The summed E-state index contributed by atoms with van der Waals surface area (Å²) in [6.45, 7) is 5.32. The molecule has 1 aromatic carbocycles. The van der Waals surface area contributed by atoms with Crippen LogP contribution in [0.4, 0.5) is 5.69 Å². The van der Waals surface area contributed by atoms with E-state index in [-0.39, 0.29) is 5.91 Å². The minimum atomic E-state index is -0.947. The van der Waals surface area contributed by atoms with Gasteiger partial charge in [0.1, 0.15) is 0 Å². The van der Waals surface area contributed by atoms with Crippen LogP contribution < -0.4 is 5.32 Å². The van der Waals surface area contributed by atoms with Gasteiger partial charge in [-0.3, -0.25) is 9.59 Å². The van der Waals surface area contributed by atoms with E-state index in [1.807, 2.05) is 19.1 Å². The third-order valence-electron chi connectivity index (χ3n) is 3.56. The van der Waals surface area contributed by atoms with Crippen LogP contribution in [0.3, 0.4) is 0 Å². The summed E-state index contributed by atoms with van der Waals surface area (Å²) in [5, 5.41) is 12.0. The van der Waals surface area contributed by atoms with Crippen LogP contribution in [0.25, 0.3) is 0 Å². The fourth-order valence-corrected chi connectivity index (χ4v) is 2.93. The number of carbonyl (C=O) groups excluding carboxylic acids is 1. The smallest absolute Gasteiger partial charge is 0.313 e. The number of thiophene rings is 1. The quantitative estimate of drug-likeness (QED) is 0.885.